The maximum Gasteiger partial charge on any atom is 0.174 e. The molecule has 0 radical (unpaired) electrons. The van der Waals surface area contributed by atoms with E-state index >= 15 is 0 Å². The zero-order valence-corrected chi connectivity index (χ0v) is 8.11. The van der Waals surface area contributed by atoms with E-state index in [-0.39, 0.29) is 5.82 Å². The van der Waals surface area contributed by atoms with Crippen molar-refractivity contribution < 1.29 is 8.78 Å². The number of nitrogens with zero attached hydrogens (tertiary/aromatic N) is 3. The fraction of sp³-hybridized carbons (Fsp3) is 0.200. The lowest BCUT2D eigenvalue weighted by Crippen LogP contribution is -2.04. The summed E-state index contributed by atoms with van der Waals surface area (Å²) in [5.41, 5.74) is 0. The van der Waals surface area contributed by atoms with Crippen molar-refractivity contribution in [3.63, 3.8) is 0 Å². The zero-order chi connectivity index (χ0) is 10.8. The largest absolute Gasteiger partial charge is 0.285 e. The molecule has 2 aromatic rings. The van der Waals surface area contributed by atoms with E-state index in [1.54, 1.807) is 12.4 Å². The van der Waals surface area contributed by atoms with Crippen molar-refractivity contribution in [2.45, 2.75) is 13.3 Å². The summed E-state index contributed by atoms with van der Waals surface area (Å²) in [5, 5.41) is 0. The molecule has 2 heterocycles. The first kappa shape index (κ1) is 9.76. The van der Waals surface area contributed by atoms with Gasteiger partial charge in [0.25, 0.3) is 0 Å². The topological polar surface area (TPSA) is 30.7 Å². The summed E-state index contributed by atoms with van der Waals surface area (Å²) < 4.78 is 27.5. The number of pyridine rings is 1. The number of hydrogen-bond acceptors (Lipinski definition) is 2. The summed E-state index contributed by atoms with van der Waals surface area (Å²) in [7, 11) is 0. The van der Waals surface area contributed by atoms with Crippen molar-refractivity contribution >= 4 is 0 Å². The third-order valence-corrected chi connectivity index (χ3v) is 2.05. The first-order valence-corrected chi connectivity index (χ1v) is 4.56. The van der Waals surface area contributed by atoms with Gasteiger partial charge in [-0.05, 0) is 0 Å². The highest BCUT2D eigenvalue weighted by atomic mass is 19.1. The molecule has 0 aliphatic heterocycles. The van der Waals surface area contributed by atoms with Gasteiger partial charge >= 0.3 is 0 Å². The Labute approximate surface area is 85.4 Å². The fourth-order valence-corrected chi connectivity index (χ4v) is 1.37. The minimum absolute atomic E-state index is 0.0748. The van der Waals surface area contributed by atoms with Gasteiger partial charge in [0.05, 0.1) is 6.20 Å². The summed E-state index contributed by atoms with van der Waals surface area (Å²) in [5.74, 6) is -0.615. The Kier molecular flexibility index (Phi) is 2.45. The molecule has 0 saturated heterocycles. The van der Waals surface area contributed by atoms with E-state index in [4.69, 9.17) is 0 Å². The van der Waals surface area contributed by atoms with Gasteiger partial charge in [-0.3, -0.25) is 4.57 Å². The predicted molar refractivity (Wildman–Crippen MR) is 50.7 cm³/mol. The molecule has 2 aromatic heterocycles. The highest BCUT2D eigenvalue weighted by Gasteiger charge is 2.10. The van der Waals surface area contributed by atoms with Gasteiger partial charge in [0, 0.05) is 24.9 Å². The number of aryl methyl sites for hydroxylation is 1. The SMILES string of the molecule is CCc1nccn1-c1ncc(F)cc1F. The van der Waals surface area contributed by atoms with E-state index in [0.717, 1.165) is 12.3 Å². The van der Waals surface area contributed by atoms with Gasteiger partial charge in [0.2, 0.25) is 0 Å². The maximum absolute atomic E-state index is 13.4. The summed E-state index contributed by atoms with van der Waals surface area (Å²) in [6, 6.07) is 0.807. The van der Waals surface area contributed by atoms with Crippen LogP contribution in [0.15, 0.2) is 24.7 Å². The first-order chi connectivity index (χ1) is 7.22. The van der Waals surface area contributed by atoms with Crippen LogP contribution in [0.1, 0.15) is 12.7 Å². The van der Waals surface area contributed by atoms with Crippen molar-refractivity contribution in [2.24, 2.45) is 0 Å². The summed E-state index contributed by atoms with van der Waals surface area (Å²) >= 11 is 0. The first-order valence-electron chi connectivity index (χ1n) is 4.56. The number of imidazole rings is 1. The van der Waals surface area contributed by atoms with Gasteiger partial charge in [-0.1, -0.05) is 6.92 Å². The Morgan fingerprint density at radius 3 is 2.80 bits per heavy atom. The third kappa shape index (κ3) is 1.72. The van der Waals surface area contributed by atoms with Crippen LogP contribution >= 0.6 is 0 Å². The van der Waals surface area contributed by atoms with Crippen LogP contribution in [0.25, 0.3) is 5.82 Å². The van der Waals surface area contributed by atoms with E-state index in [1.807, 2.05) is 6.92 Å². The molecule has 0 amide bonds. The van der Waals surface area contributed by atoms with Crippen LogP contribution in [0.3, 0.4) is 0 Å². The average molecular weight is 209 g/mol. The highest BCUT2D eigenvalue weighted by Crippen LogP contribution is 2.13. The summed E-state index contributed by atoms with van der Waals surface area (Å²) in [6.07, 6.45) is 4.80. The fourth-order valence-electron chi connectivity index (χ4n) is 1.37. The summed E-state index contributed by atoms with van der Waals surface area (Å²) in [6.45, 7) is 1.90. The smallest absolute Gasteiger partial charge is 0.174 e. The molecule has 78 valence electrons. The Morgan fingerprint density at radius 1 is 1.33 bits per heavy atom. The standard InChI is InChI=1S/C10H9F2N3/c1-2-9-13-3-4-15(9)10-8(12)5-7(11)6-14-10/h3-6H,2H2,1H3. The lowest BCUT2D eigenvalue weighted by atomic mass is 10.4. The second kappa shape index (κ2) is 3.76. The van der Waals surface area contributed by atoms with Crippen LogP contribution in [0.2, 0.25) is 0 Å². The van der Waals surface area contributed by atoms with Gasteiger partial charge in [0.1, 0.15) is 11.6 Å². The lowest BCUT2D eigenvalue weighted by Gasteiger charge is -2.05. The van der Waals surface area contributed by atoms with Crippen molar-refractivity contribution in [2.75, 3.05) is 0 Å². The minimum Gasteiger partial charge on any atom is -0.285 e. The number of rotatable bonds is 2. The third-order valence-electron chi connectivity index (χ3n) is 2.05. The molecule has 0 fully saturated rings. The van der Waals surface area contributed by atoms with Gasteiger partial charge in [-0.25, -0.2) is 18.7 Å². The van der Waals surface area contributed by atoms with Crippen molar-refractivity contribution in [1.29, 1.82) is 0 Å². The van der Waals surface area contributed by atoms with Gasteiger partial charge in [-0.2, -0.15) is 0 Å². The molecule has 5 heteroatoms. The van der Waals surface area contributed by atoms with Crippen LogP contribution < -0.4 is 0 Å². The molecule has 0 N–H and O–H groups in total. The van der Waals surface area contributed by atoms with Crippen LogP contribution in [0, 0.1) is 11.6 Å². The second-order valence-corrected chi connectivity index (χ2v) is 3.03. The van der Waals surface area contributed by atoms with Crippen LogP contribution in [-0.4, -0.2) is 14.5 Å². The van der Waals surface area contributed by atoms with Gasteiger partial charge in [0.15, 0.2) is 11.6 Å². The molecule has 0 atom stereocenters. The molecule has 2 rings (SSSR count). The molecule has 0 unspecified atom stereocenters. The Morgan fingerprint density at radius 2 is 2.13 bits per heavy atom. The molecular formula is C10H9F2N3. The molecule has 15 heavy (non-hydrogen) atoms. The normalized spacial score (nSPS) is 10.6. The molecule has 0 aliphatic rings. The molecule has 0 saturated carbocycles. The second-order valence-electron chi connectivity index (χ2n) is 3.03. The quantitative estimate of drug-likeness (QED) is 0.758. The minimum atomic E-state index is -0.692. The van der Waals surface area contributed by atoms with Crippen molar-refractivity contribution in [3.05, 3.63) is 42.1 Å². The monoisotopic (exact) mass is 209 g/mol. The molecular weight excluding hydrogens is 200 g/mol. The van der Waals surface area contributed by atoms with Gasteiger partial charge < -0.3 is 0 Å². The van der Waals surface area contributed by atoms with E-state index in [1.165, 1.54) is 4.57 Å². The number of aromatic nitrogens is 3. The lowest BCUT2D eigenvalue weighted by molar-refractivity contribution is 0.564. The van der Waals surface area contributed by atoms with E-state index in [0.29, 0.717) is 12.2 Å². The molecule has 0 bridgehead atoms. The Balaban J connectivity index is 2.54. The van der Waals surface area contributed by atoms with E-state index in [9.17, 15) is 8.78 Å². The molecule has 0 aromatic carbocycles. The zero-order valence-electron chi connectivity index (χ0n) is 8.11. The number of hydrogen-bond donors (Lipinski definition) is 0. The number of halogens is 2. The summed E-state index contributed by atoms with van der Waals surface area (Å²) in [4.78, 5) is 7.74. The molecule has 3 nitrogen and oxygen atoms in total. The van der Waals surface area contributed by atoms with E-state index < -0.39 is 11.6 Å². The van der Waals surface area contributed by atoms with Gasteiger partial charge in [-0.15, -0.1) is 0 Å². The van der Waals surface area contributed by atoms with Crippen molar-refractivity contribution in [1.82, 2.24) is 14.5 Å². The maximum atomic E-state index is 13.4. The molecule has 0 spiro atoms. The van der Waals surface area contributed by atoms with E-state index in [2.05, 4.69) is 9.97 Å². The highest BCUT2D eigenvalue weighted by molar-refractivity contribution is 5.26. The average Bonchev–Trinajstić information content (AvgIpc) is 2.65. The van der Waals surface area contributed by atoms with Crippen LogP contribution in [0.5, 0.6) is 0 Å². The van der Waals surface area contributed by atoms with Crippen LogP contribution in [-0.2, 0) is 6.42 Å². The Bertz CT molecular complexity index is 479. The molecule has 0 aliphatic carbocycles. The van der Waals surface area contributed by atoms with Crippen molar-refractivity contribution in [3.8, 4) is 5.82 Å². The van der Waals surface area contributed by atoms with Crippen LogP contribution in [0.4, 0.5) is 8.78 Å². The Hall–Kier alpha value is -1.78. The predicted octanol–water partition coefficient (Wildman–Crippen LogP) is 2.11.